The molecule has 0 aromatic heterocycles. The maximum Gasteiger partial charge on any atom is 0.244 e. The molecule has 0 unspecified atom stereocenters. The second kappa shape index (κ2) is 15.0. The first-order valence-electron chi connectivity index (χ1n) is 10.7. The van der Waals surface area contributed by atoms with E-state index in [-0.39, 0.29) is 11.8 Å². The van der Waals surface area contributed by atoms with E-state index in [0.29, 0.717) is 44.3 Å². The van der Waals surface area contributed by atoms with Gasteiger partial charge in [-0.3, -0.25) is 9.59 Å². The van der Waals surface area contributed by atoms with Crippen molar-refractivity contribution in [2.45, 2.75) is 32.1 Å². The summed E-state index contributed by atoms with van der Waals surface area (Å²) in [5, 5.41) is 7.71. The molecule has 2 aromatic rings. The number of benzene rings is 2. The van der Waals surface area contributed by atoms with E-state index in [2.05, 4.69) is 10.6 Å². The summed E-state index contributed by atoms with van der Waals surface area (Å²) < 4.78 is 0. The number of unbranched alkanes of at least 4 members (excludes halogenated alkanes) is 4. The summed E-state index contributed by atoms with van der Waals surface area (Å²) in [5.74, 6) is -0.361. The van der Waals surface area contributed by atoms with Gasteiger partial charge in [0, 0.05) is 56.5 Å². The van der Waals surface area contributed by atoms with Crippen molar-refractivity contribution < 1.29 is 9.59 Å². The lowest BCUT2D eigenvalue weighted by molar-refractivity contribution is -0.117. The van der Waals surface area contributed by atoms with Crippen molar-refractivity contribution in [3.63, 3.8) is 0 Å². The number of halogens is 4. The van der Waals surface area contributed by atoms with Crippen LogP contribution in [-0.4, -0.2) is 24.9 Å². The fourth-order valence-electron chi connectivity index (χ4n) is 2.98. The molecule has 0 fully saturated rings. The molecule has 0 bridgehead atoms. The smallest absolute Gasteiger partial charge is 0.244 e. The molecule has 2 aromatic carbocycles. The van der Waals surface area contributed by atoms with Gasteiger partial charge in [0.1, 0.15) is 0 Å². The lowest BCUT2D eigenvalue weighted by Crippen LogP contribution is -2.22. The van der Waals surface area contributed by atoms with Gasteiger partial charge in [-0.2, -0.15) is 0 Å². The SMILES string of the molecule is O=C(C=Cc1c(Cl)cccc1Cl)NCCCCCCCNC(=O)C=Cc1c(Cl)cccc1Cl. The van der Waals surface area contributed by atoms with Gasteiger partial charge in [-0.15, -0.1) is 0 Å². The highest BCUT2D eigenvalue weighted by Gasteiger charge is 2.04. The highest BCUT2D eigenvalue weighted by atomic mass is 35.5. The molecule has 0 heterocycles. The van der Waals surface area contributed by atoms with Crippen LogP contribution in [0.15, 0.2) is 48.6 Å². The minimum atomic E-state index is -0.181. The molecule has 0 saturated heterocycles. The standard InChI is InChI=1S/C25H26Cl4N2O2/c26-20-8-6-9-21(27)18(20)12-14-24(32)30-16-4-2-1-3-5-17-31-25(33)15-13-19-22(28)10-7-11-23(19)29/h6-15H,1-5,16-17H2,(H,30,32)(H,31,33). The third kappa shape index (κ3) is 10.2. The Labute approximate surface area is 214 Å². The monoisotopic (exact) mass is 526 g/mol. The molecule has 0 atom stereocenters. The fourth-order valence-corrected chi connectivity index (χ4v) is 4.03. The average molecular weight is 528 g/mol. The van der Waals surface area contributed by atoms with Gasteiger partial charge in [0.05, 0.1) is 0 Å². The van der Waals surface area contributed by atoms with Crippen LogP contribution in [0, 0.1) is 0 Å². The number of carbonyl (C=O) groups is 2. The molecule has 0 aliphatic rings. The van der Waals surface area contributed by atoms with E-state index in [0.717, 1.165) is 32.1 Å². The van der Waals surface area contributed by atoms with Gasteiger partial charge in [0.15, 0.2) is 0 Å². The van der Waals surface area contributed by atoms with Crippen molar-refractivity contribution in [1.29, 1.82) is 0 Å². The van der Waals surface area contributed by atoms with E-state index in [9.17, 15) is 9.59 Å². The summed E-state index contributed by atoms with van der Waals surface area (Å²) >= 11 is 24.3. The molecule has 2 rings (SSSR count). The minimum Gasteiger partial charge on any atom is -0.353 e. The lowest BCUT2D eigenvalue weighted by atomic mass is 10.1. The molecule has 0 aliphatic carbocycles. The molecular formula is C25H26Cl4N2O2. The Morgan fingerprint density at radius 3 is 1.30 bits per heavy atom. The maximum atomic E-state index is 11.9. The van der Waals surface area contributed by atoms with Crippen LogP contribution >= 0.6 is 46.4 Å². The largest absolute Gasteiger partial charge is 0.353 e. The predicted molar refractivity (Wildman–Crippen MR) is 140 cm³/mol. The Hall–Kier alpha value is -1.98. The van der Waals surface area contributed by atoms with Crippen LogP contribution in [0.4, 0.5) is 0 Å². The fraction of sp³-hybridized carbons (Fsp3) is 0.280. The van der Waals surface area contributed by atoms with Crippen LogP contribution < -0.4 is 10.6 Å². The second-order valence-corrected chi connectivity index (χ2v) is 8.92. The summed E-state index contributed by atoms with van der Waals surface area (Å²) in [4.78, 5) is 23.8. The number of hydrogen-bond donors (Lipinski definition) is 2. The molecule has 0 aliphatic heterocycles. The number of amides is 2. The highest BCUT2D eigenvalue weighted by Crippen LogP contribution is 2.26. The normalized spacial score (nSPS) is 11.3. The average Bonchev–Trinajstić information content (AvgIpc) is 2.77. The Bertz CT molecular complexity index is 886. The van der Waals surface area contributed by atoms with E-state index >= 15 is 0 Å². The van der Waals surface area contributed by atoms with Gasteiger partial charge in [-0.1, -0.05) is 77.8 Å². The molecule has 176 valence electrons. The Morgan fingerprint density at radius 2 is 0.939 bits per heavy atom. The van der Waals surface area contributed by atoms with Crippen molar-refractivity contribution in [1.82, 2.24) is 10.6 Å². The van der Waals surface area contributed by atoms with Crippen LogP contribution in [0.25, 0.3) is 12.2 Å². The van der Waals surface area contributed by atoms with E-state index in [1.54, 1.807) is 48.6 Å². The van der Waals surface area contributed by atoms with Crippen molar-refractivity contribution in [2.75, 3.05) is 13.1 Å². The minimum absolute atomic E-state index is 0.181. The zero-order valence-corrected chi connectivity index (χ0v) is 21.1. The van der Waals surface area contributed by atoms with E-state index in [1.807, 2.05) is 0 Å². The second-order valence-electron chi connectivity index (χ2n) is 7.29. The van der Waals surface area contributed by atoms with Crippen molar-refractivity contribution in [3.8, 4) is 0 Å². The number of hydrogen-bond acceptors (Lipinski definition) is 2. The number of rotatable bonds is 12. The Morgan fingerprint density at radius 1 is 0.606 bits per heavy atom. The molecule has 2 amide bonds. The number of carbonyl (C=O) groups excluding carboxylic acids is 2. The third-order valence-electron chi connectivity index (χ3n) is 4.75. The summed E-state index contributed by atoms with van der Waals surface area (Å²) in [6.07, 6.45) is 10.9. The summed E-state index contributed by atoms with van der Waals surface area (Å²) in [6.45, 7) is 1.21. The molecule has 2 N–H and O–H groups in total. The predicted octanol–water partition coefficient (Wildman–Crippen LogP) is 7.21. The topological polar surface area (TPSA) is 58.2 Å². The molecule has 4 nitrogen and oxygen atoms in total. The Balaban J connectivity index is 1.52. The van der Waals surface area contributed by atoms with E-state index < -0.39 is 0 Å². The van der Waals surface area contributed by atoms with Crippen molar-refractivity contribution in [3.05, 3.63) is 79.8 Å². The maximum absolute atomic E-state index is 11.9. The van der Waals surface area contributed by atoms with Crippen LogP contribution in [0.5, 0.6) is 0 Å². The zero-order valence-electron chi connectivity index (χ0n) is 18.1. The van der Waals surface area contributed by atoms with Crippen molar-refractivity contribution >= 4 is 70.4 Å². The van der Waals surface area contributed by atoms with E-state index in [4.69, 9.17) is 46.4 Å². The first-order chi connectivity index (χ1) is 15.9. The molecular weight excluding hydrogens is 502 g/mol. The van der Waals surface area contributed by atoms with Gasteiger partial charge in [-0.05, 0) is 49.3 Å². The van der Waals surface area contributed by atoms with Crippen LogP contribution in [0.3, 0.4) is 0 Å². The number of nitrogens with one attached hydrogen (secondary N) is 2. The van der Waals surface area contributed by atoms with E-state index in [1.165, 1.54) is 12.2 Å². The molecule has 0 saturated carbocycles. The molecule has 33 heavy (non-hydrogen) atoms. The molecule has 0 radical (unpaired) electrons. The zero-order chi connectivity index (χ0) is 24.1. The quantitative estimate of drug-likeness (QED) is 0.226. The molecule has 8 heteroatoms. The summed E-state index contributed by atoms with van der Waals surface area (Å²) in [5.41, 5.74) is 1.26. The first kappa shape index (κ1) is 27.3. The third-order valence-corrected chi connectivity index (χ3v) is 6.07. The van der Waals surface area contributed by atoms with Crippen LogP contribution in [0.2, 0.25) is 20.1 Å². The first-order valence-corrected chi connectivity index (χ1v) is 12.2. The Kier molecular flexibility index (Phi) is 12.4. The summed E-state index contributed by atoms with van der Waals surface area (Å²) in [6, 6.07) is 10.4. The highest BCUT2D eigenvalue weighted by molar-refractivity contribution is 6.37. The lowest BCUT2D eigenvalue weighted by Gasteiger charge is -2.05. The summed E-state index contributed by atoms with van der Waals surface area (Å²) in [7, 11) is 0. The van der Waals surface area contributed by atoms with Crippen molar-refractivity contribution in [2.24, 2.45) is 0 Å². The van der Waals surface area contributed by atoms with Gasteiger partial charge in [0.25, 0.3) is 0 Å². The van der Waals surface area contributed by atoms with Crippen LogP contribution in [-0.2, 0) is 9.59 Å². The van der Waals surface area contributed by atoms with Crippen LogP contribution in [0.1, 0.15) is 43.2 Å². The van der Waals surface area contributed by atoms with Gasteiger partial charge < -0.3 is 10.6 Å². The van der Waals surface area contributed by atoms with Gasteiger partial charge >= 0.3 is 0 Å². The van der Waals surface area contributed by atoms with Gasteiger partial charge in [0.2, 0.25) is 11.8 Å². The molecule has 0 spiro atoms. The van der Waals surface area contributed by atoms with Gasteiger partial charge in [-0.25, -0.2) is 0 Å².